The molecule has 9 nitrogen and oxygen atoms in total. The number of aromatic nitrogens is 2. The third kappa shape index (κ3) is 2.52. The van der Waals surface area contributed by atoms with E-state index in [-0.39, 0.29) is 45.9 Å². The van der Waals surface area contributed by atoms with Gasteiger partial charge in [0.25, 0.3) is 5.56 Å². The van der Waals surface area contributed by atoms with E-state index in [9.17, 15) is 19.8 Å². The standard InChI is InChI=1S/C19H23FN4O5/c1-29-17-14-11(18(27)22-19(28)24(14)8-2-3-8)13(21)12(20)15(17)23-5-7-4-10(25)16(26)9(7)6-23/h7-10,16,25-26H,2-6,21H2,1H3,(H,22,27,28). The third-order valence-corrected chi connectivity index (χ3v) is 6.59. The maximum Gasteiger partial charge on any atom is 0.329 e. The number of benzene rings is 1. The molecular formula is C19H23FN4O5. The fraction of sp³-hybridized carbons (Fsp3) is 0.579. The minimum absolute atomic E-state index is 0.00540. The number of nitrogen functional groups attached to an aromatic ring is 1. The Labute approximate surface area is 164 Å². The molecule has 2 heterocycles. The molecule has 10 heteroatoms. The number of nitrogens with zero attached hydrogens (tertiary/aromatic N) is 2. The zero-order valence-electron chi connectivity index (χ0n) is 15.9. The summed E-state index contributed by atoms with van der Waals surface area (Å²) in [5.74, 6) is -0.880. The lowest BCUT2D eigenvalue weighted by Gasteiger charge is -2.26. The van der Waals surface area contributed by atoms with Crippen LogP contribution in [0.3, 0.4) is 0 Å². The second kappa shape index (κ2) is 6.20. The van der Waals surface area contributed by atoms with Crippen molar-refractivity contribution < 1.29 is 19.3 Å². The molecule has 1 aliphatic heterocycles. The number of hydrogen-bond donors (Lipinski definition) is 4. The number of halogens is 1. The van der Waals surface area contributed by atoms with Gasteiger partial charge >= 0.3 is 5.69 Å². The maximum atomic E-state index is 15.4. The van der Waals surface area contributed by atoms with Gasteiger partial charge in [-0.2, -0.15) is 0 Å². The molecule has 0 amide bonds. The van der Waals surface area contributed by atoms with Gasteiger partial charge in [0.1, 0.15) is 11.2 Å². The number of aliphatic hydroxyl groups is 2. The zero-order chi connectivity index (χ0) is 20.6. The number of anilines is 2. The minimum atomic E-state index is -0.871. The van der Waals surface area contributed by atoms with Gasteiger partial charge in [-0.25, -0.2) is 9.18 Å². The van der Waals surface area contributed by atoms with E-state index in [4.69, 9.17) is 10.5 Å². The Kier molecular flexibility index (Phi) is 3.94. The molecule has 1 saturated heterocycles. The molecule has 3 fully saturated rings. The first kappa shape index (κ1) is 18.4. The van der Waals surface area contributed by atoms with Crippen LogP contribution in [0.25, 0.3) is 10.9 Å². The van der Waals surface area contributed by atoms with Crippen LogP contribution in [0.2, 0.25) is 0 Å². The van der Waals surface area contributed by atoms with Gasteiger partial charge in [0.05, 0.1) is 30.4 Å². The molecule has 2 saturated carbocycles. The summed E-state index contributed by atoms with van der Waals surface area (Å²) >= 11 is 0. The van der Waals surface area contributed by atoms with Gasteiger partial charge < -0.3 is 25.6 Å². The Morgan fingerprint density at radius 1 is 1.24 bits per heavy atom. The predicted molar refractivity (Wildman–Crippen MR) is 104 cm³/mol. The molecule has 1 aromatic heterocycles. The first-order chi connectivity index (χ1) is 13.8. The molecule has 2 aromatic rings. The minimum Gasteiger partial charge on any atom is -0.492 e. The average Bonchev–Trinajstić information content (AvgIpc) is 3.37. The highest BCUT2D eigenvalue weighted by Gasteiger charge is 2.48. The molecular weight excluding hydrogens is 383 g/mol. The van der Waals surface area contributed by atoms with Crippen LogP contribution in [0.1, 0.15) is 25.3 Å². The van der Waals surface area contributed by atoms with Gasteiger partial charge in [0, 0.05) is 25.0 Å². The summed E-state index contributed by atoms with van der Waals surface area (Å²) in [4.78, 5) is 28.9. The number of rotatable bonds is 3. The van der Waals surface area contributed by atoms with Crippen LogP contribution in [0, 0.1) is 17.7 Å². The predicted octanol–water partition coefficient (Wildman–Crippen LogP) is -0.0675. The first-order valence-corrected chi connectivity index (χ1v) is 9.78. The SMILES string of the molecule is COc1c(N2CC3CC(O)C(O)C3C2)c(F)c(N)c2c(=O)[nH]c(=O)n(C3CC3)c12. The topological polar surface area (TPSA) is 134 Å². The van der Waals surface area contributed by atoms with E-state index < -0.39 is 29.3 Å². The number of fused-ring (bicyclic) bond motifs is 2. The molecule has 1 aromatic carbocycles. The van der Waals surface area contributed by atoms with Crippen LogP contribution in [-0.4, -0.2) is 52.2 Å². The van der Waals surface area contributed by atoms with E-state index >= 15 is 4.39 Å². The lowest BCUT2D eigenvalue weighted by atomic mass is 9.99. The smallest absolute Gasteiger partial charge is 0.329 e. The summed E-state index contributed by atoms with van der Waals surface area (Å²) in [6.07, 6.45) is 0.328. The molecule has 29 heavy (non-hydrogen) atoms. The Balaban J connectivity index is 1.75. The van der Waals surface area contributed by atoms with Crippen molar-refractivity contribution in [3.8, 4) is 5.75 Å². The summed E-state index contributed by atoms with van der Waals surface area (Å²) < 4.78 is 22.4. The molecule has 5 rings (SSSR count). The first-order valence-electron chi connectivity index (χ1n) is 9.78. The molecule has 2 aliphatic carbocycles. The summed E-state index contributed by atoms with van der Waals surface area (Å²) in [5, 5.41) is 20.0. The summed E-state index contributed by atoms with van der Waals surface area (Å²) in [6.45, 7) is 0.728. The molecule has 3 aliphatic rings. The highest BCUT2D eigenvalue weighted by molar-refractivity contribution is 5.99. The molecule has 4 atom stereocenters. The summed E-state index contributed by atoms with van der Waals surface area (Å²) in [7, 11) is 1.37. The summed E-state index contributed by atoms with van der Waals surface area (Å²) in [5.41, 5.74) is 4.68. The number of aliphatic hydroxyl groups excluding tert-OH is 2. The van der Waals surface area contributed by atoms with Crippen molar-refractivity contribution in [3.63, 3.8) is 0 Å². The van der Waals surface area contributed by atoms with Crippen molar-refractivity contribution >= 4 is 22.3 Å². The van der Waals surface area contributed by atoms with E-state index in [1.54, 1.807) is 4.90 Å². The molecule has 0 bridgehead atoms. The molecule has 0 spiro atoms. The number of ether oxygens (including phenoxy) is 1. The maximum absolute atomic E-state index is 15.4. The highest BCUT2D eigenvalue weighted by Crippen LogP contribution is 2.48. The van der Waals surface area contributed by atoms with Gasteiger partial charge in [0.2, 0.25) is 0 Å². The number of nitrogens with two attached hydrogens (primary N) is 1. The van der Waals surface area contributed by atoms with Crippen LogP contribution in [0.15, 0.2) is 9.59 Å². The largest absolute Gasteiger partial charge is 0.492 e. The molecule has 5 N–H and O–H groups in total. The van der Waals surface area contributed by atoms with Crippen molar-refractivity contribution in [2.75, 3.05) is 30.8 Å². The van der Waals surface area contributed by atoms with Crippen molar-refractivity contribution in [3.05, 3.63) is 26.7 Å². The fourth-order valence-corrected chi connectivity index (χ4v) is 5.08. The van der Waals surface area contributed by atoms with Crippen molar-refractivity contribution in [1.29, 1.82) is 0 Å². The average molecular weight is 406 g/mol. The van der Waals surface area contributed by atoms with Gasteiger partial charge in [-0.3, -0.25) is 14.3 Å². The van der Waals surface area contributed by atoms with Crippen LogP contribution in [0.4, 0.5) is 15.8 Å². The van der Waals surface area contributed by atoms with Crippen LogP contribution >= 0.6 is 0 Å². The van der Waals surface area contributed by atoms with E-state index in [1.807, 2.05) is 0 Å². The number of aromatic amines is 1. The van der Waals surface area contributed by atoms with E-state index in [2.05, 4.69) is 4.98 Å². The van der Waals surface area contributed by atoms with Crippen molar-refractivity contribution in [1.82, 2.24) is 9.55 Å². The Morgan fingerprint density at radius 3 is 2.59 bits per heavy atom. The Morgan fingerprint density at radius 2 is 1.97 bits per heavy atom. The van der Waals surface area contributed by atoms with Gasteiger partial charge in [0.15, 0.2) is 11.6 Å². The molecule has 156 valence electrons. The van der Waals surface area contributed by atoms with E-state index in [0.717, 1.165) is 12.8 Å². The van der Waals surface area contributed by atoms with Crippen LogP contribution < -0.4 is 26.6 Å². The lowest BCUT2D eigenvalue weighted by molar-refractivity contribution is 0.0229. The number of nitrogens with one attached hydrogen (secondary N) is 1. The van der Waals surface area contributed by atoms with Gasteiger partial charge in [-0.05, 0) is 25.2 Å². The normalized spacial score (nSPS) is 28.9. The third-order valence-electron chi connectivity index (χ3n) is 6.59. The number of methoxy groups -OCH3 is 1. The number of H-pyrrole nitrogens is 1. The fourth-order valence-electron chi connectivity index (χ4n) is 5.08. The second-order valence-electron chi connectivity index (χ2n) is 8.32. The highest BCUT2D eigenvalue weighted by atomic mass is 19.1. The Hall–Kier alpha value is -2.59. The van der Waals surface area contributed by atoms with Crippen LogP contribution in [0.5, 0.6) is 5.75 Å². The van der Waals surface area contributed by atoms with Crippen molar-refractivity contribution in [2.24, 2.45) is 11.8 Å². The van der Waals surface area contributed by atoms with Gasteiger partial charge in [-0.1, -0.05) is 0 Å². The Bertz CT molecular complexity index is 1120. The monoisotopic (exact) mass is 406 g/mol. The zero-order valence-corrected chi connectivity index (χ0v) is 15.9. The number of hydrogen-bond acceptors (Lipinski definition) is 7. The van der Waals surface area contributed by atoms with Crippen LogP contribution in [-0.2, 0) is 0 Å². The summed E-state index contributed by atoms with van der Waals surface area (Å²) in [6, 6.07) is -0.0941. The van der Waals surface area contributed by atoms with E-state index in [1.165, 1.54) is 11.7 Å². The van der Waals surface area contributed by atoms with E-state index in [0.29, 0.717) is 19.5 Å². The quantitative estimate of drug-likeness (QED) is 0.525. The molecule has 4 unspecified atom stereocenters. The molecule has 0 radical (unpaired) electrons. The van der Waals surface area contributed by atoms with Gasteiger partial charge in [-0.15, -0.1) is 0 Å². The second-order valence-corrected chi connectivity index (χ2v) is 8.32. The van der Waals surface area contributed by atoms with Crippen molar-refractivity contribution in [2.45, 2.75) is 37.5 Å². The lowest BCUT2D eigenvalue weighted by Crippen LogP contribution is -2.33.